The van der Waals surface area contributed by atoms with E-state index in [2.05, 4.69) is 5.32 Å². The van der Waals surface area contributed by atoms with Crippen molar-refractivity contribution in [3.63, 3.8) is 0 Å². The third kappa shape index (κ3) is 3.45. The van der Waals surface area contributed by atoms with Gasteiger partial charge in [-0.05, 0) is 37.2 Å². The first kappa shape index (κ1) is 23.4. The van der Waals surface area contributed by atoms with E-state index in [1.165, 1.54) is 19.4 Å². The predicted molar refractivity (Wildman–Crippen MR) is 124 cm³/mol. The number of methoxy groups -OCH3 is 1. The fourth-order valence-electron chi connectivity index (χ4n) is 6.13. The van der Waals surface area contributed by atoms with Crippen LogP contribution < -0.4 is 15.5 Å². The van der Waals surface area contributed by atoms with Gasteiger partial charge in [0.05, 0.1) is 25.3 Å². The van der Waals surface area contributed by atoms with E-state index in [-0.39, 0.29) is 53.2 Å². The second kappa shape index (κ2) is 8.55. The van der Waals surface area contributed by atoms with Gasteiger partial charge in [0.1, 0.15) is 22.2 Å². The van der Waals surface area contributed by atoms with Gasteiger partial charge in [0.15, 0.2) is 11.4 Å². The molecule has 2 saturated carbocycles. The highest BCUT2D eigenvalue weighted by molar-refractivity contribution is 6.30. The fraction of sp³-hybridized carbons (Fsp3) is 0.480. The zero-order chi connectivity index (χ0) is 25.3. The number of halogens is 3. The molecule has 6 rings (SSSR count). The first-order chi connectivity index (χ1) is 17.3. The highest BCUT2D eigenvalue weighted by Gasteiger charge is 2.59. The first-order valence-corrected chi connectivity index (χ1v) is 12.4. The summed E-state index contributed by atoms with van der Waals surface area (Å²) in [5, 5.41) is 1.83. The summed E-state index contributed by atoms with van der Waals surface area (Å²) in [7, 11) is 1.29. The molecule has 3 heterocycles. The van der Waals surface area contributed by atoms with E-state index in [1.54, 1.807) is 4.57 Å². The minimum Gasteiger partial charge on any atom is -0.491 e. The van der Waals surface area contributed by atoms with Crippen molar-refractivity contribution in [3.05, 3.63) is 62.0 Å². The zero-order valence-electron chi connectivity index (χ0n) is 19.4. The summed E-state index contributed by atoms with van der Waals surface area (Å²) in [5.74, 6) is -2.28. The van der Waals surface area contributed by atoms with Gasteiger partial charge in [0.2, 0.25) is 5.43 Å². The molecule has 1 N–H and O–H groups in total. The molecule has 1 unspecified atom stereocenters. The van der Waals surface area contributed by atoms with Crippen molar-refractivity contribution >= 4 is 23.4 Å². The number of benzene rings is 1. The molecule has 5 atom stereocenters. The Balaban J connectivity index is 1.39. The van der Waals surface area contributed by atoms with Crippen molar-refractivity contribution in [1.82, 2.24) is 14.8 Å². The Morgan fingerprint density at radius 3 is 2.86 bits per heavy atom. The van der Waals surface area contributed by atoms with Gasteiger partial charge in [-0.15, -0.1) is 0 Å². The largest absolute Gasteiger partial charge is 0.491 e. The van der Waals surface area contributed by atoms with Crippen LogP contribution in [0.1, 0.15) is 51.7 Å². The Kier molecular flexibility index (Phi) is 5.56. The number of hydrogen-bond acceptors (Lipinski definition) is 5. The summed E-state index contributed by atoms with van der Waals surface area (Å²) in [6.07, 6.45) is 3.87. The fourth-order valence-corrected chi connectivity index (χ4v) is 6.32. The van der Waals surface area contributed by atoms with E-state index >= 15 is 0 Å². The number of amides is 2. The van der Waals surface area contributed by atoms with Crippen molar-refractivity contribution in [1.29, 1.82) is 0 Å². The second-order valence-corrected chi connectivity index (χ2v) is 10.2. The summed E-state index contributed by atoms with van der Waals surface area (Å²) < 4.78 is 41.0. The van der Waals surface area contributed by atoms with Gasteiger partial charge >= 0.3 is 0 Å². The molecule has 0 radical (unpaired) electrons. The molecular formula is C25H24ClF2N3O5. The smallest absolute Gasteiger partial charge is 0.274 e. The maximum Gasteiger partial charge on any atom is 0.274 e. The normalized spacial score (nSPS) is 27.9. The van der Waals surface area contributed by atoms with Crippen LogP contribution in [-0.4, -0.2) is 53.7 Å². The number of nitrogens with zero attached hydrogens (tertiary/aromatic N) is 2. The van der Waals surface area contributed by atoms with Gasteiger partial charge in [-0.1, -0.05) is 17.7 Å². The van der Waals surface area contributed by atoms with E-state index in [9.17, 15) is 23.2 Å². The molecule has 4 aliphatic rings. The number of pyridine rings is 1. The van der Waals surface area contributed by atoms with Gasteiger partial charge < -0.3 is 24.3 Å². The van der Waals surface area contributed by atoms with Crippen molar-refractivity contribution in [2.45, 2.75) is 44.0 Å². The lowest BCUT2D eigenvalue weighted by atomic mass is 9.84. The number of carbonyl (C=O) groups is 2. The van der Waals surface area contributed by atoms with Crippen LogP contribution in [0.4, 0.5) is 8.78 Å². The molecule has 2 amide bonds. The quantitative estimate of drug-likeness (QED) is 0.627. The third-order valence-corrected chi connectivity index (χ3v) is 8.25. The zero-order valence-corrected chi connectivity index (χ0v) is 20.2. The van der Waals surface area contributed by atoms with Crippen LogP contribution in [0.3, 0.4) is 0 Å². The SMILES string of the molecule is COc1c2n(cc(C(=O)NCc3ccc(F)c(Cl)c3F)c1=O)[C@H]1C[C@@H]3C[C@@H]3[C@@H]3OCCCN(C2=O)C31. The molecule has 11 heteroatoms. The van der Waals surface area contributed by atoms with Crippen LogP contribution in [0.15, 0.2) is 23.1 Å². The number of aromatic nitrogens is 1. The summed E-state index contributed by atoms with van der Waals surface area (Å²) in [6, 6.07) is 1.82. The number of rotatable bonds is 4. The van der Waals surface area contributed by atoms with E-state index in [4.69, 9.17) is 21.1 Å². The molecular weight excluding hydrogens is 496 g/mol. The number of ether oxygens (including phenoxy) is 2. The van der Waals surface area contributed by atoms with Gasteiger partial charge in [-0.3, -0.25) is 14.4 Å². The summed E-state index contributed by atoms with van der Waals surface area (Å²) in [4.78, 5) is 41.8. The Labute approximate surface area is 210 Å². The molecule has 0 spiro atoms. The second-order valence-electron chi connectivity index (χ2n) is 9.82. The number of carbonyl (C=O) groups excluding carboxylic acids is 2. The summed E-state index contributed by atoms with van der Waals surface area (Å²) in [6.45, 7) is 0.787. The van der Waals surface area contributed by atoms with E-state index in [0.717, 1.165) is 18.9 Å². The average molecular weight is 520 g/mol. The Morgan fingerprint density at radius 1 is 1.28 bits per heavy atom. The van der Waals surface area contributed by atoms with E-state index in [0.29, 0.717) is 31.4 Å². The Hall–Kier alpha value is -2.98. The van der Waals surface area contributed by atoms with Gasteiger partial charge in [0, 0.05) is 31.5 Å². The van der Waals surface area contributed by atoms with Crippen LogP contribution in [-0.2, 0) is 11.3 Å². The molecule has 2 aromatic rings. The van der Waals surface area contributed by atoms with Gasteiger partial charge in [-0.2, -0.15) is 0 Å². The van der Waals surface area contributed by atoms with Crippen molar-refractivity contribution in [3.8, 4) is 5.75 Å². The molecule has 2 aliphatic heterocycles. The molecule has 2 aliphatic carbocycles. The number of fused-ring (bicyclic) bond motifs is 4. The van der Waals surface area contributed by atoms with E-state index < -0.39 is 28.0 Å². The average Bonchev–Trinajstić information content (AvgIpc) is 3.67. The highest BCUT2D eigenvalue weighted by Crippen LogP contribution is 2.57. The van der Waals surface area contributed by atoms with Crippen LogP contribution >= 0.6 is 11.6 Å². The lowest BCUT2D eigenvalue weighted by Gasteiger charge is -2.47. The monoisotopic (exact) mass is 519 g/mol. The van der Waals surface area contributed by atoms with Crippen LogP contribution in [0, 0.1) is 23.5 Å². The van der Waals surface area contributed by atoms with E-state index in [1.807, 2.05) is 4.90 Å². The minimum absolute atomic E-state index is 0.0314. The highest BCUT2D eigenvalue weighted by atomic mass is 35.5. The minimum atomic E-state index is -0.983. The number of hydrogen-bond donors (Lipinski definition) is 1. The lowest BCUT2D eigenvalue weighted by molar-refractivity contribution is -0.0396. The third-order valence-electron chi connectivity index (χ3n) is 7.90. The first-order valence-electron chi connectivity index (χ1n) is 12.0. The van der Waals surface area contributed by atoms with Gasteiger partial charge in [0.25, 0.3) is 11.8 Å². The number of nitrogens with one attached hydrogen (secondary N) is 1. The van der Waals surface area contributed by atoms with Crippen LogP contribution in [0.2, 0.25) is 5.02 Å². The molecule has 8 nitrogen and oxygen atoms in total. The lowest BCUT2D eigenvalue weighted by Crippen LogP contribution is -2.58. The molecule has 190 valence electrons. The van der Waals surface area contributed by atoms with Gasteiger partial charge in [-0.25, -0.2) is 8.78 Å². The predicted octanol–water partition coefficient (Wildman–Crippen LogP) is 2.91. The van der Waals surface area contributed by atoms with Crippen molar-refractivity contribution < 1.29 is 27.8 Å². The summed E-state index contributed by atoms with van der Waals surface area (Å²) in [5.41, 5.74) is -0.852. The molecule has 36 heavy (non-hydrogen) atoms. The summed E-state index contributed by atoms with van der Waals surface area (Å²) >= 11 is 5.63. The molecule has 1 aromatic carbocycles. The standard InChI is InChI=1S/C25H24ClF2N3O5/c1-35-23-20-25(34)30-5-2-6-36-22-13-7-12(13)8-16(19(22)30)31(20)10-14(21(23)32)24(33)29-9-11-3-4-15(27)17(26)18(11)28/h3-4,10,12-13,16,19,22H,2,5-9H2,1H3,(H,29,33)/t12-,13-,16-,19?,22-/m0/s1. The maximum absolute atomic E-state index is 14.3. The maximum atomic E-state index is 14.3. The van der Waals surface area contributed by atoms with Crippen molar-refractivity contribution in [2.75, 3.05) is 20.3 Å². The molecule has 1 saturated heterocycles. The molecule has 1 aromatic heterocycles. The Morgan fingerprint density at radius 2 is 2.08 bits per heavy atom. The molecule has 0 bridgehead atoms. The van der Waals surface area contributed by atoms with Crippen LogP contribution in [0.25, 0.3) is 0 Å². The Bertz CT molecular complexity index is 1350. The van der Waals surface area contributed by atoms with Crippen molar-refractivity contribution in [2.24, 2.45) is 11.8 Å². The topological polar surface area (TPSA) is 89.9 Å². The molecule has 3 fully saturated rings. The van der Waals surface area contributed by atoms with Crippen LogP contribution in [0.5, 0.6) is 5.75 Å².